The van der Waals surface area contributed by atoms with Gasteiger partial charge in [0.1, 0.15) is 22.6 Å². The summed E-state index contributed by atoms with van der Waals surface area (Å²) in [4.78, 5) is 32.5. The molecule has 0 unspecified atom stereocenters. The highest BCUT2D eigenvalue weighted by molar-refractivity contribution is 6.00. The fraction of sp³-hybridized carbons (Fsp3) is 0.333. The number of nitrogens with zero attached hydrogens (tertiary/aromatic N) is 1. The summed E-state index contributed by atoms with van der Waals surface area (Å²) >= 11 is 0. The van der Waals surface area contributed by atoms with Gasteiger partial charge in [-0.05, 0) is 26.8 Å². The molecule has 8 nitrogen and oxygen atoms in total. The SMILES string of the molecule is CC(C)(C)OC(=O)c1c(OC=O)ccc([N+](=O)[O-])c1N. The fourth-order valence-electron chi connectivity index (χ4n) is 1.44. The van der Waals surface area contributed by atoms with Crippen LogP contribution in [0, 0.1) is 10.1 Å². The van der Waals surface area contributed by atoms with Crippen molar-refractivity contribution < 1.29 is 24.0 Å². The second-order valence-electron chi connectivity index (χ2n) is 4.84. The summed E-state index contributed by atoms with van der Waals surface area (Å²) in [6.07, 6.45) is 0. The first-order chi connectivity index (χ1) is 9.17. The van der Waals surface area contributed by atoms with Crippen LogP contribution in [0.5, 0.6) is 5.75 Å². The monoisotopic (exact) mass is 282 g/mol. The maximum atomic E-state index is 12.0. The number of hydrogen-bond donors (Lipinski definition) is 1. The maximum Gasteiger partial charge on any atom is 0.344 e. The van der Waals surface area contributed by atoms with Gasteiger partial charge in [-0.3, -0.25) is 14.9 Å². The lowest BCUT2D eigenvalue weighted by atomic mass is 10.1. The van der Waals surface area contributed by atoms with Gasteiger partial charge in [-0.15, -0.1) is 0 Å². The van der Waals surface area contributed by atoms with Crippen molar-refractivity contribution in [1.82, 2.24) is 0 Å². The molecule has 0 saturated carbocycles. The Hall–Kier alpha value is -2.64. The van der Waals surface area contributed by atoms with Gasteiger partial charge in [-0.25, -0.2) is 4.79 Å². The van der Waals surface area contributed by atoms with Crippen LogP contribution in [0.2, 0.25) is 0 Å². The summed E-state index contributed by atoms with van der Waals surface area (Å²) in [7, 11) is 0. The van der Waals surface area contributed by atoms with Crippen molar-refractivity contribution in [3.8, 4) is 5.75 Å². The Morgan fingerprint density at radius 2 is 2.00 bits per heavy atom. The Morgan fingerprint density at radius 3 is 2.45 bits per heavy atom. The molecule has 1 aromatic carbocycles. The topological polar surface area (TPSA) is 122 Å². The van der Waals surface area contributed by atoms with E-state index in [1.54, 1.807) is 20.8 Å². The highest BCUT2D eigenvalue weighted by Crippen LogP contribution is 2.34. The van der Waals surface area contributed by atoms with Gasteiger partial charge in [-0.2, -0.15) is 0 Å². The third-order valence-corrected chi connectivity index (χ3v) is 2.16. The van der Waals surface area contributed by atoms with Gasteiger partial charge in [0.15, 0.2) is 0 Å². The predicted octanol–water partition coefficient (Wildman–Crippen LogP) is 1.67. The molecule has 0 aliphatic rings. The van der Waals surface area contributed by atoms with E-state index < -0.39 is 27.9 Å². The van der Waals surface area contributed by atoms with E-state index in [1.807, 2.05) is 0 Å². The minimum Gasteiger partial charge on any atom is -0.456 e. The molecule has 8 heteroatoms. The molecule has 0 bridgehead atoms. The summed E-state index contributed by atoms with van der Waals surface area (Å²) < 4.78 is 9.69. The molecule has 0 aromatic heterocycles. The van der Waals surface area contributed by atoms with Gasteiger partial charge in [-0.1, -0.05) is 0 Å². The van der Waals surface area contributed by atoms with Crippen LogP contribution >= 0.6 is 0 Å². The number of nitrogens with two attached hydrogens (primary N) is 1. The van der Waals surface area contributed by atoms with Gasteiger partial charge in [0.05, 0.1) is 4.92 Å². The van der Waals surface area contributed by atoms with Crippen molar-refractivity contribution in [2.45, 2.75) is 26.4 Å². The lowest BCUT2D eigenvalue weighted by Crippen LogP contribution is -2.25. The third-order valence-electron chi connectivity index (χ3n) is 2.16. The second kappa shape index (κ2) is 5.55. The van der Waals surface area contributed by atoms with E-state index in [4.69, 9.17) is 10.5 Å². The molecule has 20 heavy (non-hydrogen) atoms. The minimum absolute atomic E-state index is 0.0917. The van der Waals surface area contributed by atoms with Crippen molar-refractivity contribution in [2.75, 3.05) is 5.73 Å². The number of nitrogen functional groups attached to an aromatic ring is 1. The zero-order chi connectivity index (χ0) is 15.5. The van der Waals surface area contributed by atoms with Crippen LogP contribution in [0.25, 0.3) is 0 Å². The molecule has 0 aliphatic heterocycles. The molecule has 0 heterocycles. The molecule has 0 fully saturated rings. The average molecular weight is 282 g/mol. The Kier molecular flexibility index (Phi) is 4.28. The van der Waals surface area contributed by atoms with Crippen LogP contribution in [-0.4, -0.2) is 23.0 Å². The molecule has 1 rings (SSSR count). The Bertz CT molecular complexity index is 562. The molecule has 0 amide bonds. The van der Waals surface area contributed by atoms with Crippen molar-refractivity contribution in [3.63, 3.8) is 0 Å². The largest absolute Gasteiger partial charge is 0.456 e. The summed E-state index contributed by atoms with van der Waals surface area (Å²) in [5.41, 5.74) is 3.54. The summed E-state index contributed by atoms with van der Waals surface area (Å²) in [5.74, 6) is -1.10. The summed E-state index contributed by atoms with van der Waals surface area (Å²) in [6.45, 7) is 4.96. The van der Waals surface area contributed by atoms with E-state index in [1.165, 1.54) is 0 Å². The molecule has 0 saturated heterocycles. The summed E-state index contributed by atoms with van der Waals surface area (Å²) in [5, 5.41) is 10.8. The van der Waals surface area contributed by atoms with Crippen LogP contribution in [0.15, 0.2) is 12.1 Å². The van der Waals surface area contributed by atoms with E-state index in [-0.39, 0.29) is 17.8 Å². The van der Waals surface area contributed by atoms with Crippen molar-refractivity contribution in [1.29, 1.82) is 0 Å². The van der Waals surface area contributed by atoms with E-state index in [0.717, 1.165) is 12.1 Å². The minimum atomic E-state index is -0.907. The molecule has 2 N–H and O–H groups in total. The average Bonchev–Trinajstić information content (AvgIpc) is 2.26. The second-order valence-corrected chi connectivity index (χ2v) is 4.84. The molecule has 1 aromatic rings. The molecular formula is C12H14N2O6. The van der Waals surface area contributed by atoms with Gasteiger partial charge in [0.2, 0.25) is 0 Å². The lowest BCUT2D eigenvalue weighted by Gasteiger charge is -2.20. The van der Waals surface area contributed by atoms with E-state index in [2.05, 4.69) is 4.74 Å². The number of hydrogen-bond acceptors (Lipinski definition) is 7. The van der Waals surface area contributed by atoms with Crippen molar-refractivity contribution in [2.24, 2.45) is 0 Å². The molecule has 0 atom stereocenters. The Morgan fingerprint density at radius 1 is 1.40 bits per heavy atom. The third kappa shape index (κ3) is 3.44. The van der Waals surface area contributed by atoms with Gasteiger partial charge in [0, 0.05) is 6.07 Å². The number of carbonyl (C=O) groups excluding carboxylic acids is 2. The summed E-state index contributed by atoms with van der Waals surface area (Å²) in [6, 6.07) is 2.16. The predicted molar refractivity (Wildman–Crippen MR) is 69.4 cm³/mol. The molecule has 0 radical (unpaired) electrons. The smallest absolute Gasteiger partial charge is 0.344 e. The number of nitro benzene ring substituents is 1. The normalized spacial score (nSPS) is 10.8. The number of ether oxygens (including phenoxy) is 2. The van der Waals surface area contributed by atoms with E-state index in [9.17, 15) is 19.7 Å². The first-order valence-corrected chi connectivity index (χ1v) is 5.58. The quantitative estimate of drug-likeness (QED) is 0.293. The number of esters is 1. The standard InChI is InChI=1S/C12H14N2O6/c1-12(2,3)20-11(16)9-8(19-6-15)5-4-7(10(9)13)14(17)18/h4-6H,13H2,1-3H3. The first-order valence-electron chi connectivity index (χ1n) is 5.58. The van der Waals surface area contributed by atoms with E-state index in [0.29, 0.717) is 0 Å². The number of anilines is 1. The highest BCUT2D eigenvalue weighted by Gasteiger charge is 2.28. The zero-order valence-electron chi connectivity index (χ0n) is 11.2. The number of nitro groups is 1. The first kappa shape index (κ1) is 15.4. The highest BCUT2D eigenvalue weighted by atomic mass is 16.6. The molecule has 0 aliphatic carbocycles. The van der Waals surface area contributed by atoms with Gasteiger partial charge < -0.3 is 15.2 Å². The lowest BCUT2D eigenvalue weighted by molar-refractivity contribution is -0.383. The molecule has 108 valence electrons. The molecule has 0 spiro atoms. The fourth-order valence-corrected chi connectivity index (χ4v) is 1.44. The van der Waals surface area contributed by atoms with Crippen LogP contribution in [0.1, 0.15) is 31.1 Å². The maximum absolute atomic E-state index is 12.0. The Balaban J connectivity index is 3.39. The van der Waals surface area contributed by atoms with Crippen LogP contribution in [0.3, 0.4) is 0 Å². The number of rotatable bonds is 4. The van der Waals surface area contributed by atoms with Gasteiger partial charge >= 0.3 is 5.97 Å². The van der Waals surface area contributed by atoms with Crippen LogP contribution in [0.4, 0.5) is 11.4 Å². The zero-order valence-corrected chi connectivity index (χ0v) is 11.2. The van der Waals surface area contributed by atoms with Crippen molar-refractivity contribution >= 4 is 23.8 Å². The van der Waals surface area contributed by atoms with Crippen LogP contribution in [-0.2, 0) is 9.53 Å². The van der Waals surface area contributed by atoms with Crippen LogP contribution < -0.4 is 10.5 Å². The Labute approximate surface area is 114 Å². The molecular weight excluding hydrogens is 268 g/mol. The van der Waals surface area contributed by atoms with Gasteiger partial charge in [0.25, 0.3) is 12.2 Å². The number of carbonyl (C=O) groups is 2. The number of benzene rings is 1. The van der Waals surface area contributed by atoms with E-state index >= 15 is 0 Å². The van der Waals surface area contributed by atoms with Crippen molar-refractivity contribution in [3.05, 3.63) is 27.8 Å².